The number of hydrogen-bond acceptors (Lipinski definition) is 12. The minimum Gasteiger partial charge on any atom is -0.492 e. The second kappa shape index (κ2) is 15.1. The van der Waals surface area contributed by atoms with Crippen LogP contribution in [-0.2, 0) is 5.41 Å². The van der Waals surface area contributed by atoms with Crippen LogP contribution < -0.4 is 30.3 Å². The summed E-state index contributed by atoms with van der Waals surface area (Å²) in [4.78, 5) is 37.1. The summed E-state index contributed by atoms with van der Waals surface area (Å²) in [6, 6.07) is 9.63. The van der Waals surface area contributed by atoms with Gasteiger partial charge in [-0.25, -0.2) is 19.9 Å². The molecule has 13 heteroatoms. The van der Waals surface area contributed by atoms with Crippen molar-refractivity contribution in [3.63, 3.8) is 0 Å². The number of aryl methyl sites for hydroxylation is 1. The second-order valence-corrected chi connectivity index (χ2v) is 14.5. The smallest absolute Gasteiger partial charge is 0.255 e. The summed E-state index contributed by atoms with van der Waals surface area (Å²) in [7, 11) is 1.61. The summed E-state index contributed by atoms with van der Waals surface area (Å²) in [6.07, 6.45) is 7.74. The van der Waals surface area contributed by atoms with E-state index < -0.39 is 0 Å². The van der Waals surface area contributed by atoms with Crippen LogP contribution in [0.2, 0.25) is 0 Å². The average Bonchev–Trinajstić information content (AvgIpc) is 3.09. The van der Waals surface area contributed by atoms with Gasteiger partial charge in [0.15, 0.2) is 11.6 Å². The van der Waals surface area contributed by atoms with Crippen molar-refractivity contribution in [3.05, 3.63) is 59.5 Å². The number of piperazine rings is 1. The van der Waals surface area contributed by atoms with Crippen LogP contribution in [0.4, 0.5) is 28.8 Å². The Morgan fingerprint density at radius 2 is 1.78 bits per heavy atom. The fraction of sp³-hybridized carbons (Fsp3) is 0.472. The van der Waals surface area contributed by atoms with Crippen molar-refractivity contribution in [1.29, 1.82) is 0 Å². The minimum atomic E-state index is -0.251. The maximum absolute atomic E-state index is 13.7. The second-order valence-electron chi connectivity index (χ2n) is 13.9. The first-order chi connectivity index (χ1) is 23.6. The molecule has 2 aliphatic rings. The first kappa shape index (κ1) is 34.7. The molecule has 0 saturated carbocycles. The third kappa shape index (κ3) is 8.17. The van der Waals surface area contributed by atoms with E-state index in [2.05, 4.69) is 72.3 Å². The van der Waals surface area contributed by atoms with E-state index in [4.69, 9.17) is 9.72 Å². The molecular formula is C36H48N10O2S. The van der Waals surface area contributed by atoms with Crippen molar-refractivity contribution in [2.45, 2.75) is 46.0 Å². The van der Waals surface area contributed by atoms with Crippen molar-refractivity contribution in [2.75, 3.05) is 79.4 Å². The Bertz CT molecular complexity index is 1780. The molecule has 2 saturated heterocycles. The van der Waals surface area contributed by atoms with Gasteiger partial charge in [0.1, 0.15) is 17.4 Å². The zero-order valence-corrected chi connectivity index (χ0v) is 30.2. The largest absolute Gasteiger partial charge is 0.492 e. The van der Waals surface area contributed by atoms with Gasteiger partial charge in [-0.05, 0) is 79.6 Å². The number of carbonyl (C=O) groups is 1. The molecule has 0 unspecified atom stereocenters. The number of rotatable bonds is 10. The van der Waals surface area contributed by atoms with Crippen LogP contribution in [0.25, 0.3) is 11.0 Å². The molecule has 4 heterocycles. The predicted octanol–water partition coefficient (Wildman–Crippen LogP) is 5.84. The normalized spacial score (nSPS) is 16.1. The minimum absolute atomic E-state index is 0.133. The zero-order chi connectivity index (χ0) is 34.5. The molecular weight excluding hydrogens is 637 g/mol. The van der Waals surface area contributed by atoms with Gasteiger partial charge in [-0.15, -0.1) is 0 Å². The SMILES string of the molecule is COc1c(NSC)cc(C(C)(C)C)cc1NC(=O)c1ccc(C)c(Nc2ncnc3cnc(N4CCN(CC5CCNCC5)CC4)nc23)c1. The topological polar surface area (TPSA) is 132 Å². The van der Waals surface area contributed by atoms with Gasteiger partial charge < -0.3 is 30.3 Å². The molecule has 49 heavy (non-hydrogen) atoms. The Labute approximate surface area is 293 Å². The zero-order valence-electron chi connectivity index (χ0n) is 29.4. The van der Waals surface area contributed by atoms with Gasteiger partial charge in [0.05, 0.1) is 24.7 Å². The van der Waals surface area contributed by atoms with E-state index in [1.165, 1.54) is 37.7 Å². The summed E-state index contributed by atoms with van der Waals surface area (Å²) in [5.41, 5.74) is 5.83. The van der Waals surface area contributed by atoms with Crippen molar-refractivity contribution in [3.8, 4) is 5.75 Å². The van der Waals surface area contributed by atoms with E-state index in [0.717, 1.165) is 67.7 Å². The standard InChI is InChI=1S/C36H48N10O2S/c1-23-7-8-25(34(47)42-28-18-26(36(2,3)4)19-29(44-49-6)32(28)48-5)17-27(23)41-33-31-30(39-22-40-33)20-38-35(43-31)46-15-13-45(14-16-46)21-24-9-11-37-12-10-24/h7-8,17-20,22,24,37,44H,9-16,21H2,1-6H3,(H,42,47)(H,39,40,41). The van der Waals surface area contributed by atoms with Crippen molar-refractivity contribution >= 4 is 57.7 Å². The van der Waals surface area contributed by atoms with Gasteiger partial charge >= 0.3 is 0 Å². The molecule has 260 valence electrons. The van der Waals surface area contributed by atoms with Gasteiger partial charge in [-0.2, -0.15) is 0 Å². The van der Waals surface area contributed by atoms with Crippen LogP contribution >= 0.6 is 11.9 Å². The summed E-state index contributed by atoms with van der Waals surface area (Å²) in [5.74, 6) is 2.34. The molecule has 0 spiro atoms. The number of fused-ring (bicyclic) bond motifs is 1. The number of benzene rings is 2. The Kier molecular flexibility index (Phi) is 10.7. The van der Waals surface area contributed by atoms with Crippen molar-refractivity contribution in [2.24, 2.45) is 5.92 Å². The van der Waals surface area contributed by atoms with Gasteiger partial charge in [-0.3, -0.25) is 9.69 Å². The summed E-state index contributed by atoms with van der Waals surface area (Å²) < 4.78 is 9.04. The van der Waals surface area contributed by atoms with E-state index >= 15 is 0 Å². The fourth-order valence-corrected chi connectivity index (χ4v) is 6.80. The highest BCUT2D eigenvalue weighted by molar-refractivity contribution is 7.99. The molecule has 2 fully saturated rings. The molecule has 2 aromatic heterocycles. The number of nitrogens with one attached hydrogen (secondary N) is 4. The number of nitrogens with zero attached hydrogens (tertiary/aromatic N) is 6. The lowest BCUT2D eigenvalue weighted by atomic mass is 9.86. The first-order valence-corrected chi connectivity index (χ1v) is 18.2. The lowest BCUT2D eigenvalue weighted by Gasteiger charge is -2.37. The van der Waals surface area contributed by atoms with Crippen LogP contribution in [0.3, 0.4) is 0 Å². The number of ether oxygens (including phenoxy) is 1. The summed E-state index contributed by atoms with van der Waals surface area (Å²) in [6.45, 7) is 15.6. The van der Waals surface area contributed by atoms with E-state index in [-0.39, 0.29) is 11.3 Å². The summed E-state index contributed by atoms with van der Waals surface area (Å²) in [5, 5.41) is 10.0. The number of hydrogen-bond donors (Lipinski definition) is 4. The van der Waals surface area contributed by atoms with Gasteiger partial charge in [0.2, 0.25) is 5.95 Å². The molecule has 4 aromatic rings. The Balaban J connectivity index is 1.20. The highest BCUT2D eigenvalue weighted by Crippen LogP contribution is 2.40. The molecule has 1 amide bonds. The molecule has 2 aromatic carbocycles. The highest BCUT2D eigenvalue weighted by atomic mass is 32.2. The van der Waals surface area contributed by atoms with Crippen LogP contribution in [0.5, 0.6) is 5.75 Å². The van der Waals surface area contributed by atoms with Gasteiger partial charge in [0.25, 0.3) is 5.91 Å². The number of piperidine rings is 1. The van der Waals surface area contributed by atoms with Crippen LogP contribution in [-0.4, -0.2) is 89.9 Å². The maximum atomic E-state index is 13.7. The van der Waals surface area contributed by atoms with Crippen LogP contribution in [0, 0.1) is 12.8 Å². The van der Waals surface area contributed by atoms with E-state index in [9.17, 15) is 4.79 Å². The number of anilines is 5. The van der Waals surface area contributed by atoms with E-state index in [1.807, 2.05) is 37.4 Å². The first-order valence-electron chi connectivity index (χ1n) is 17.0. The predicted molar refractivity (Wildman–Crippen MR) is 201 cm³/mol. The van der Waals surface area contributed by atoms with Gasteiger partial charge in [-0.1, -0.05) is 38.8 Å². The van der Waals surface area contributed by atoms with Gasteiger partial charge in [0, 0.05) is 50.2 Å². The molecule has 4 N–H and O–H groups in total. The van der Waals surface area contributed by atoms with E-state index in [0.29, 0.717) is 39.8 Å². The molecule has 2 aliphatic heterocycles. The molecule has 0 bridgehead atoms. The molecule has 0 aliphatic carbocycles. The van der Waals surface area contributed by atoms with Crippen molar-refractivity contribution < 1.29 is 9.53 Å². The quantitative estimate of drug-likeness (QED) is 0.150. The van der Waals surface area contributed by atoms with Crippen LogP contribution in [0.15, 0.2) is 42.9 Å². The van der Waals surface area contributed by atoms with Crippen molar-refractivity contribution in [1.82, 2.24) is 30.2 Å². The fourth-order valence-electron chi connectivity index (χ4n) is 6.43. The Morgan fingerprint density at radius 3 is 2.49 bits per heavy atom. The monoisotopic (exact) mass is 684 g/mol. The third-order valence-electron chi connectivity index (χ3n) is 9.37. The molecule has 0 atom stereocenters. The Morgan fingerprint density at radius 1 is 1.02 bits per heavy atom. The average molecular weight is 685 g/mol. The summed E-state index contributed by atoms with van der Waals surface area (Å²) >= 11 is 1.47. The molecule has 0 radical (unpaired) electrons. The third-order valence-corrected chi connectivity index (χ3v) is 9.79. The number of amides is 1. The lowest BCUT2D eigenvalue weighted by molar-refractivity contribution is 0.102. The lowest BCUT2D eigenvalue weighted by Crippen LogP contribution is -2.49. The number of methoxy groups -OCH3 is 1. The van der Waals surface area contributed by atoms with Crippen LogP contribution in [0.1, 0.15) is 55.1 Å². The molecule has 6 rings (SSSR count). The molecule has 12 nitrogen and oxygen atoms in total. The maximum Gasteiger partial charge on any atom is 0.255 e. The Hall–Kier alpha value is -4.20. The number of carbonyl (C=O) groups excluding carboxylic acids is 1. The van der Waals surface area contributed by atoms with E-state index in [1.54, 1.807) is 13.3 Å². The highest BCUT2D eigenvalue weighted by Gasteiger charge is 2.24. The number of aromatic nitrogens is 4.